The van der Waals surface area contributed by atoms with Crippen molar-refractivity contribution in [3.8, 4) is 0 Å². The number of hydrogen-bond donors (Lipinski definition) is 2. The summed E-state index contributed by atoms with van der Waals surface area (Å²) in [5.41, 5.74) is 1.58. The molecular formula is C12H11BrN2O2S. The van der Waals surface area contributed by atoms with Gasteiger partial charge < -0.3 is 10.4 Å². The number of aromatic nitrogens is 1. The van der Waals surface area contributed by atoms with Crippen LogP contribution in [0.15, 0.2) is 34.1 Å². The minimum Gasteiger partial charge on any atom is -0.479 e. The Morgan fingerprint density at radius 2 is 2.11 bits per heavy atom. The molecule has 4 nitrogen and oxygen atoms in total. The molecule has 94 valence electrons. The second kappa shape index (κ2) is 5.49. The molecule has 18 heavy (non-hydrogen) atoms. The molecule has 1 aromatic carbocycles. The van der Waals surface area contributed by atoms with Gasteiger partial charge in [-0.15, -0.1) is 11.3 Å². The van der Waals surface area contributed by atoms with E-state index in [2.05, 4.69) is 26.2 Å². The van der Waals surface area contributed by atoms with Crippen LogP contribution in [0.5, 0.6) is 0 Å². The van der Waals surface area contributed by atoms with Crippen LogP contribution in [0.25, 0.3) is 0 Å². The number of nitrogens with one attached hydrogen (secondary N) is 1. The summed E-state index contributed by atoms with van der Waals surface area (Å²) in [6.45, 7) is 1.85. The van der Waals surface area contributed by atoms with Crippen molar-refractivity contribution >= 4 is 38.9 Å². The zero-order valence-corrected chi connectivity index (χ0v) is 12.0. The number of aliphatic carboxylic acids is 1. The highest BCUT2D eigenvalue weighted by Crippen LogP contribution is 2.24. The van der Waals surface area contributed by atoms with Gasteiger partial charge in [0.15, 0.2) is 6.04 Å². The molecule has 0 fully saturated rings. The van der Waals surface area contributed by atoms with Crippen LogP contribution in [0.4, 0.5) is 5.69 Å². The van der Waals surface area contributed by atoms with Crippen molar-refractivity contribution in [2.45, 2.75) is 13.0 Å². The average molecular weight is 327 g/mol. The Morgan fingerprint density at radius 1 is 1.44 bits per heavy atom. The lowest BCUT2D eigenvalue weighted by atomic mass is 10.2. The van der Waals surface area contributed by atoms with Gasteiger partial charge in [-0.2, -0.15) is 0 Å². The second-order valence-corrected chi connectivity index (χ2v) is 5.55. The monoisotopic (exact) mass is 326 g/mol. The van der Waals surface area contributed by atoms with Crippen LogP contribution in [0, 0.1) is 6.92 Å². The third-order valence-corrected chi connectivity index (χ3v) is 3.84. The molecule has 2 rings (SSSR count). The molecule has 0 saturated carbocycles. The molecule has 0 aliphatic heterocycles. The third-order valence-electron chi connectivity index (χ3n) is 2.29. The van der Waals surface area contributed by atoms with E-state index in [-0.39, 0.29) is 0 Å². The number of benzene rings is 1. The third kappa shape index (κ3) is 3.08. The predicted octanol–water partition coefficient (Wildman–Crippen LogP) is 3.45. The molecule has 1 heterocycles. The van der Waals surface area contributed by atoms with E-state index < -0.39 is 12.0 Å². The van der Waals surface area contributed by atoms with Crippen molar-refractivity contribution in [1.29, 1.82) is 0 Å². The van der Waals surface area contributed by atoms with Gasteiger partial charge >= 0.3 is 5.97 Å². The van der Waals surface area contributed by atoms with Crippen LogP contribution < -0.4 is 5.32 Å². The van der Waals surface area contributed by atoms with Crippen LogP contribution in [-0.2, 0) is 4.79 Å². The van der Waals surface area contributed by atoms with Gasteiger partial charge in [-0.25, -0.2) is 9.78 Å². The van der Waals surface area contributed by atoms with Gasteiger partial charge in [0.25, 0.3) is 0 Å². The number of rotatable bonds is 4. The van der Waals surface area contributed by atoms with E-state index in [1.807, 2.05) is 36.6 Å². The molecule has 1 atom stereocenters. The summed E-state index contributed by atoms with van der Waals surface area (Å²) in [6, 6.07) is 6.54. The first-order valence-corrected chi connectivity index (χ1v) is 6.90. The van der Waals surface area contributed by atoms with Crippen molar-refractivity contribution < 1.29 is 9.90 Å². The maximum Gasteiger partial charge on any atom is 0.333 e. The normalized spacial score (nSPS) is 12.1. The lowest BCUT2D eigenvalue weighted by molar-refractivity contribution is -0.138. The van der Waals surface area contributed by atoms with Gasteiger partial charge in [0, 0.05) is 21.2 Å². The molecule has 0 spiro atoms. The zero-order valence-electron chi connectivity index (χ0n) is 9.55. The quantitative estimate of drug-likeness (QED) is 0.903. The minimum absolute atomic E-state index is 0.558. The van der Waals surface area contributed by atoms with E-state index >= 15 is 0 Å². The highest BCUT2D eigenvalue weighted by Gasteiger charge is 2.22. The van der Waals surface area contributed by atoms with Gasteiger partial charge in [0.1, 0.15) is 5.01 Å². The van der Waals surface area contributed by atoms with Crippen molar-refractivity contribution in [1.82, 2.24) is 4.98 Å². The molecule has 6 heteroatoms. The molecule has 1 unspecified atom stereocenters. The maximum absolute atomic E-state index is 11.3. The minimum atomic E-state index is -0.938. The first kappa shape index (κ1) is 13.0. The Morgan fingerprint density at radius 3 is 2.61 bits per heavy atom. The highest BCUT2D eigenvalue weighted by atomic mass is 79.9. The molecule has 0 aliphatic carbocycles. The summed E-state index contributed by atoms with van der Waals surface area (Å²) in [5.74, 6) is -0.938. The molecule has 0 saturated heterocycles. The van der Waals surface area contributed by atoms with Gasteiger partial charge in [-0.05, 0) is 31.2 Å². The van der Waals surface area contributed by atoms with E-state index in [4.69, 9.17) is 0 Å². The number of aryl methyl sites for hydroxylation is 1. The molecular weight excluding hydrogens is 316 g/mol. The van der Waals surface area contributed by atoms with Crippen molar-refractivity contribution in [3.05, 3.63) is 44.8 Å². The van der Waals surface area contributed by atoms with Gasteiger partial charge in [-0.3, -0.25) is 0 Å². The van der Waals surface area contributed by atoms with Crippen LogP contribution in [0.1, 0.15) is 16.7 Å². The van der Waals surface area contributed by atoms with E-state index in [0.29, 0.717) is 5.01 Å². The summed E-state index contributed by atoms with van der Waals surface area (Å²) in [5, 5.41) is 14.6. The van der Waals surface area contributed by atoms with E-state index in [1.165, 1.54) is 11.3 Å². The maximum atomic E-state index is 11.3. The number of anilines is 1. The first-order valence-electron chi connectivity index (χ1n) is 5.23. The number of carboxylic acids is 1. The fourth-order valence-electron chi connectivity index (χ4n) is 1.45. The SMILES string of the molecule is Cc1csc(C(Nc2ccc(Br)cc2)C(=O)O)n1. The molecule has 2 aromatic rings. The lowest BCUT2D eigenvalue weighted by Gasteiger charge is -2.13. The zero-order chi connectivity index (χ0) is 13.1. The molecule has 1 aromatic heterocycles. The summed E-state index contributed by atoms with van der Waals surface area (Å²) in [6.07, 6.45) is 0. The van der Waals surface area contributed by atoms with Crippen LogP contribution >= 0.6 is 27.3 Å². The lowest BCUT2D eigenvalue weighted by Crippen LogP contribution is -2.20. The van der Waals surface area contributed by atoms with E-state index in [9.17, 15) is 9.90 Å². The largest absolute Gasteiger partial charge is 0.479 e. The standard InChI is InChI=1S/C12H11BrN2O2S/c1-7-6-18-11(14-7)10(12(16)17)15-9-4-2-8(13)3-5-9/h2-6,10,15H,1H3,(H,16,17). The van der Waals surface area contributed by atoms with Crippen molar-refractivity contribution in [2.75, 3.05) is 5.32 Å². The number of nitrogens with zero attached hydrogens (tertiary/aromatic N) is 1. The number of thiazole rings is 1. The number of hydrogen-bond acceptors (Lipinski definition) is 4. The topological polar surface area (TPSA) is 62.2 Å². The molecule has 2 N–H and O–H groups in total. The Bertz CT molecular complexity index is 553. The average Bonchev–Trinajstić information content (AvgIpc) is 2.74. The Kier molecular flexibility index (Phi) is 3.98. The highest BCUT2D eigenvalue weighted by molar-refractivity contribution is 9.10. The van der Waals surface area contributed by atoms with Gasteiger partial charge in [0.05, 0.1) is 0 Å². The summed E-state index contributed by atoms with van der Waals surface area (Å²) in [4.78, 5) is 15.5. The van der Waals surface area contributed by atoms with E-state index in [0.717, 1.165) is 15.9 Å². The van der Waals surface area contributed by atoms with E-state index in [1.54, 1.807) is 0 Å². The predicted molar refractivity (Wildman–Crippen MR) is 75.0 cm³/mol. The summed E-state index contributed by atoms with van der Waals surface area (Å²) >= 11 is 4.68. The van der Waals surface area contributed by atoms with Crippen LogP contribution in [-0.4, -0.2) is 16.1 Å². The number of halogens is 1. The first-order chi connectivity index (χ1) is 8.56. The second-order valence-electron chi connectivity index (χ2n) is 3.75. The molecule has 0 radical (unpaired) electrons. The molecule has 0 aliphatic rings. The van der Waals surface area contributed by atoms with Gasteiger partial charge in [-0.1, -0.05) is 15.9 Å². The van der Waals surface area contributed by atoms with Crippen LogP contribution in [0.3, 0.4) is 0 Å². The Labute approximate surface area is 117 Å². The Balaban J connectivity index is 2.22. The summed E-state index contributed by atoms with van der Waals surface area (Å²) in [7, 11) is 0. The summed E-state index contributed by atoms with van der Waals surface area (Å²) < 4.78 is 0.949. The molecule has 0 bridgehead atoms. The Hall–Kier alpha value is -1.40. The fourth-order valence-corrected chi connectivity index (χ4v) is 2.55. The smallest absolute Gasteiger partial charge is 0.333 e. The molecule has 0 amide bonds. The fraction of sp³-hybridized carbons (Fsp3) is 0.167. The number of carbonyl (C=O) groups is 1. The van der Waals surface area contributed by atoms with Crippen molar-refractivity contribution in [2.24, 2.45) is 0 Å². The van der Waals surface area contributed by atoms with Crippen LogP contribution in [0.2, 0.25) is 0 Å². The van der Waals surface area contributed by atoms with Crippen molar-refractivity contribution in [3.63, 3.8) is 0 Å². The number of carboxylic acid groups (broad SMARTS) is 1. The van der Waals surface area contributed by atoms with Gasteiger partial charge in [0.2, 0.25) is 0 Å².